The second-order valence-electron chi connectivity index (χ2n) is 4.17. The first-order valence-electron chi connectivity index (χ1n) is 5.41. The van der Waals surface area contributed by atoms with Crippen molar-refractivity contribution in [2.45, 2.75) is 18.7 Å². The van der Waals surface area contributed by atoms with Crippen LogP contribution in [0.5, 0.6) is 0 Å². The van der Waals surface area contributed by atoms with Crippen LogP contribution in [0.4, 0.5) is 0 Å². The molecule has 2 rings (SSSR count). The summed E-state index contributed by atoms with van der Waals surface area (Å²) in [7, 11) is -2.57. The number of para-hydroxylation sites is 1. The molecule has 1 N–H and O–H groups in total. The Hall–Kier alpha value is -1.51. The first-order valence-corrected chi connectivity index (χ1v) is 7.67. The highest BCUT2D eigenvalue weighted by atomic mass is 32.2. The Labute approximate surface area is 114 Å². The minimum atomic E-state index is -4.26. The lowest BCUT2D eigenvalue weighted by Gasteiger charge is -2.01. The Morgan fingerprint density at radius 1 is 1.37 bits per heavy atom. The van der Waals surface area contributed by atoms with Crippen molar-refractivity contribution in [3.63, 3.8) is 0 Å². The normalized spacial score (nSPS) is 12.9. The number of thiazole rings is 1. The maximum absolute atomic E-state index is 11.4. The monoisotopic (exact) mass is 299 g/mol. The van der Waals surface area contributed by atoms with Crippen molar-refractivity contribution in [2.24, 2.45) is 17.3 Å². The quantitative estimate of drug-likeness (QED) is 0.521. The van der Waals surface area contributed by atoms with Gasteiger partial charge in [0.05, 0.1) is 10.2 Å². The van der Waals surface area contributed by atoms with E-state index in [1.165, 1.54) is 17.4 Å². The van der Waals surface area contributed by atoms with Crippen molar-refractivity contribution in [3.8, 4) is 0 Å². The maximum atomic E-state index is 11.4. The van der Waals surface area contributed by atoms with E-state index in [0.717, 1.165) is 10.4 Å². The van der Waals surface area contributed by atoms with Gasteiger partial charge in [0.2, 0.25) is 4.80 Å². The molecule has 0 unspecified atom stereocenters. The second-order valence-corrected chi connectivity index (χ2v) is 6.57. The predicted molar refractivity (Wildman–Crippen MR) is 75.0 cm³/mol. The number of benzene rings is 1. The van der Waals surface area contributed by atoms with Crippen molar-refractivity contribution in [1.82, 2.24) is 4.57 Å². The van der Waals surface area contributed by atoms with Gasteiger partial charge in [-0.05, 0) is 26.0 Å². The summed E-state index contributed by atoms with van der Waals surface area (Å²) in [4.78, 5) is 0.440. The van der Waals surface area contributed by atoms with E-state index in [-0.39, 0.29) is 4.90 Å². The molecule has 0 aliphatic heterocycles. The largest absolute Gasteiger partial charge is 0.317 e. The van der Waals surface area contributed by atoms with Crippen molar-refractivity contribution < 1.29 is 13.0 Å². The molecule has 0 saturated heterocycles. The summed E-state index contributed by atoms with van der Waals surface area (Å²) in [6.45, 7) is 3.64. The summed E-state index contributed by atoms with van der Waals surface area (Å²) in [6.07, 6.45) is 0. The van der Waals surface area contributed by atoms with Gasteiger partial charge in [-0.25, -0.2) is 0 Å². The van der Waals surface area contributed by atoms with Gasteiger partial charge in [-0.3, -0.25) is 4.55 Å². The molecule has 19 heavy (non-hydrogen) atoms. The third-order valence-electron chi connectivity index (χ3n) is 2.40. The molecule has 0 spiro atoms. The van der Waals surface area contributed by atoms with Crippen LogP contribution in [-0.2, 0) is 17.2 Å². The van der Waals surface area contributed by atoms with E-state index in [4.69, 9.17) is 0 Å². The van der Waals surface area contributed by atoms with Crippen LogP contribution >= 0.6 is 11.3 Å². The van der Waals surface area contributed by atoms with Crippen molar-refractivity contribution in [2.75, 3.05) is 0 Å². The smallest absolute Gasteiger partial charge is 0.296 e. The van der Waals surface area contributed by atoms with Crippen LogP contribution in [0.1, 0.15) is 13.8 Å². The molecule has 0 saturated carbocycles. The lowest BCUT2D eigenvalue weighted by Crippen LogP contribution is -2.11. The number of fused-ring (bicyclic) bond motifs is 1. The molecular weight excluding hydrogens is 286 g/mol. The summed E-state index contributed by atoms with van der Waals surface area (Å²) in [5, 5.41) is 8.02. The van der Waals surface area contributed by atoms with Crippen LogP contribution in [0.25, 0.3) is 10.2 Å². The lowest BCUT2D eigenvalue weighted by atomic mass is 10.3. The van der Waals surface area contributed by atoms with Gasteiger partial charge < -0.3 is 4.57 Å². The number of aromatic nitrogens is 1. The van der Waals surface area contributed by atoms with Crippen molar-refractivity contribution >= 4 is 37.4 Å². The molecule has 0 fully saturated rings. The minimum absolute atomic E-state index is 0.123. The topological polar surface area (TPSA) is 84.0 Å². The summed E-state index contributed by atoms with van der Waals surface area (Å²) < 4.78 is 34.3. The average Bonchev–Trinajstić information content (AvgIpc) is 2.62. The number of rotatable bonds is 2. The molecule has 0 amide bonds. The highest BCUT2D eigenvalue weighted by Crippen LogP contribution is 2.24. The molecule has 1 aromatic carbocycles. The zero-order valence-electron chi connectivity index (χ0n) is 10.7. The molecule has 102 valence electrons. The van der Waals surface area contributed by atoms with E-state index in [1.54, 1.807) is 23.7 Å². The molecule has 6 nitrogen and oxygen atoms in total. The van der Waals surface area contributed by atoms with E-state index < -0.39 is 10.1 Å². The summed E-state index contributed by atoms with van der Waals surface area (Å²) in [5.41, 5.74) is 1.23. The zero-order valence-corrected chi connectivity index (χ0v) is 12.3. The molecule has 0 aliphatic carbocycles. The Morgan fingerprint density at radius 3 is 2.63 bits per heavy atom. The Morgan fingerprint density at radius 2 is 2.05 bits per heavy atom. The summed E-state index contributed by atoms with van der Waals surface area (Å²) >= 11 is 1.31. The van der Waals surface area contributed by atoms with Gasteiger partial charge in [0.15, 0.2) is 0 Å². The number of aryl methyl sites for hydroxylation is 1. The number of nitrogens with zero attached hydrogens (tertiary/aromatic N) is 3. The van der Waals surface area contributed by atoms with E-state index in [2.05, 4.69) is 10.2 Å². The molecular formula is C11H13N3O3S2. The highest BCUT2D eigenvalue weighted by molar-refractivity contribution is 7.86. The standard InChI is InChI=1S/C11H13N3O3S2/c1-7(2)12-13-11-14(3)10-8(18-11)5-4-6-9(10)19(15,16)17/h4-6H,1-3H3,(H,15,16,17). The molecule has 0 atom stereocenters. The van der Waals surface area contributed by atoms with Gasteiger partial charge in [0.1, 0.15) is 4.90 Å². The first-order chi connectivity index (χ1) is 8.80. The van der Waals surface area contributed by atoms with Gasteiger partial charge >= 0.3 is 0 Å². The maximum Gasteiger partial charge on any atom is 0.296 e. The average molecular weight is 299 g/mol. The summed E-state index contributed by atoms with van der Waals surface area (Å²) in [6, 6.07) is 4.72. The van der Waals surface area contributed by atoms with Crippen molar-refractivity contribution in [3.05, 3.63) is 23.0 Å². The van der Waals surface area contributed by atoms with Crippen molar-refractivity contribution in [1.29, 1.82) is 0 Å². The van der Waals surface area contributed by atoms with Gasteiger partial charge in [-0.2, -0.15) is 13.5 Å². The van der Waals surface area contributed by atoms with Gasteiger partial charge in [-0.1, -0.05) is 17.4 Å². The van der Waals surface area contributed by atoms with Crippen LogP contribution in [0.3, 0.4) is 0 Å². The molecule has 0 aliphatic rings. The molecule has 0 radical (unpaired) electrons. The van der Waals surface area contributed by atoms with E-state index >= 15 is 0 Å². The molecule has 2 aromatic rings. The third kappa shape index (κ3) is 2.75. The highest BCUT2D eigenvalue weighted by Gasteiger charge is 2.17. The zero-order chi connectivity index (χ0) is 14.2. The number of hydrogen-bond acceptors (Lipinski definition) is 5. The fourth-order valence-electron chi connectivity index (χ4n) is 1.62. The van der Waals surface area contributed by atoms with Gasteiger partial charge in [0.25, 0.3) is 10.1 Å². The van der Waals surface area contributed by atoms with Crippen LogP contribution in [0, 0.1) is 0 Å². The summed E-state index contributed by atoms with van der Waals surface area (Å²) in [5.74, 6) is 0. The van der Waals surface area contributed by atoms with E-state index in [9.17, 15) is 13.0 Å². The second kappa shape index (κ2) is 4.87. The fraction of sp³-hybridized carbons (Fsp3) is 0.273. The molecule has 0 bridgehead atoms. The van der Waals surface area contributed by atoms with Crippen LogP contribution in [0.15, 0.2) is 33.3 Å². The third-order valence-corrected chi connectivity index (χ3v) is 4.37. The van der Waals surface area contributed by atoms with Crippen LogP contribution in [-0.4, -0.2) is 23.2 Å². The van der Waals surface area contributed by atoms with Gasteiger partial charge in [0, 0.05) is 12.8 Å². The molecule has 1 heterocycles. The minimum Gasteiger partial charge on any atom is -0.317 e. The molecule has 8 heteroatoms. The van der Waals surface area contributed by atoms with E-state index in [0.29, 0.717) is 10.3 Å². The Bertz CT molecular complexity index is 824. The molecule has 1 aromatic heterocycles. The van der Waals surface area contributed by atoms with Gasteiger partial charge in [-0.15, -0.1) is 5.10 Å². The fourth-order valence-corrected chi connectivity index (χ4v) is 3.42. The predicted octanol–water partition coefficient (Wildman–Crippen LogP) is 1.78. The Kier molecular flexibility index (Phi) is 3.57. The SMILES string of the molecule is CC(C)=NN=c1sc2cccc(S(=O)(=O)O)c2n1C. The lowest BCUT2D eigenvalue weighted by molar-refractivity contribution is 0.483. The number of hydrogen-bond donors (Lipinski definition) is 1. The van der Waals surface area contributed by atoms with Crippen LogP contribution < -0.4 is 4.80 Å². The first kappa shape index (κ1) is 13.9. The van der Waals surface area contributed by atoms with Crippen LogP contribution in [0.2, 0.25) is 0 Å². The Balaban J connectivity index is 2.87. The van der Waals surface area contributed by atoms with E-state index in [1.807, 2.05) is 13.8 Å².